The van der Waals surface area contributed by atoms with Crippen LogP contribution in [0.25, 0.3) is 10.4 Å². The lowest BCUT2D eigenvalue weighted by molar-refractivity contribution is -0.141. The van der Waals surface area contributed by atoms with E-state index in [2.05, 4.69) is 36.5 Å². The molecule has 7 aliphatic rings. The number of carbonyl (C=O) groups is 6. The molecule has 5 amide bonds. The summed E-state index contributed by atoms with van der Waals surface area (Å²) in [7, 11) is 0. The Morgan fingerprint density at radius 3 is 2.11 bits per heavy atom. The number of Topliss-reactive ketones (excluding diaryl/α,β-unsaturated/α-hetero) is 1. The van der Waals surface area contributed by atoms with E-state index < -0.39 is 75.0 Å². The van der Waals surface area contributed by atoms with Crippen molar-refractivity contribution in [2.75, 3.05) is 71.3 Å². The highest BCUT2D eigenvalue weighted by molar-refractivity contribution is 7.13. The van der Waals surface area contributed by atoms with E-state index in [-0.39, 0.29) is 85.8 Å². The maximum atomic E-state index is 16.7. The van der Waals surface area contributed by atoms with Crippen molar-refractivity contribution in [2.24, 2.45) is 22.7 Å². The number of carbonyl (C=O) groups excluding carboxylic acids is 6. The Morgan fingerprint density at radius 2 is 1.47 bits per heavy atom. The second-order valence-corrected chi connectivity index (χ2v) is 28.1. The average Bonchev–Trinajstić information content (AvgIpc) is 1.51. The number of amides is 5. The minimum atomic E-state index is -1.32. The molecule has 7 atom stereocenters. The minimum Gasteiger partial charge on any atom is -0.393 e. The molecule has 2 aliphatic heterocycles. The Bertz CT molecular complexity index is 3200. The van der Waals surface area contributed by atoms with Crippen molar-refractivity contribution in [1.82, 2.24) is 31.2 Å². The van der Waals surface area contributed by atoms with Crippen molar-refractivity contribution in [3.05, 3.63) is 104 Å². The summed E-state index contributed by atoms with van der Waals surface area (Å²) in [4.78, 5) is 92.7. The number of halogens is 3. The maximum Gasteiger partial charge on any atom is 0.246 e. The van der Waals surface area contributed by atoms with Gasteiger partial charge in [0.05, 0.1) is 91.5 Å². The van der Waals surface area contributed by atoms with Gasteiger partial charge in [-0.2, -0.15) is 0 Å². The van der Waals surface area contributed by atoms with Crippen LogP contribution in [0.1, 0.15) is 139 Å². The molecule has 5 aliphatic carbocycles. The molecule has 1 saturated heterocycles. The summed E-state index contributed by atoms with van der Waals surface area (Å²) in [5, 5.41) is 26.6. The highest BCUT2D eigenvalue weighted by Gasteiger charge is 2.75. The first kappa shape index (κ1) is 66.5. The Labute approximate surface area is 535 Å². The van der Waals surface area contributed by atoms with Gasteiger partial charge in [0.25, 0.3) is 0 Å². The second-order valence-electron chi connectivity index (χ2n) is 26.4. The molecule has 2 spiro atoms. The van der Waals surface area contributed by atoms with Gasteiger partial charge >= 0.3 is 0 Å². The maximum absolute atomic E-state index is 16.7. The highest BCUT2D eigenvalue weighted by atomic mass is 35.5. The number of ketones is 1. The number of ether oxygens (including phenoxy) is 4. The summed E-state index contributed by atoms with van der Waals surface area (Å²) in [6.07, 6.45) is 7.09. The van der Waals surface area contributed by atoms with Crippen LogP contribution in [0.3, 0.4) is 0 Å². The Kier molecular flexibility index (Phi) is 21.1. The molecular formula is C67H86Cl2FN7O11S. The second kappa shape index (κ2) is 28.2. The lowest BCUT2D eigenvalue weighted by Crippen LogP contribution is -2.63. The van der Waals surface area contributed by atoms with E-state index in [0.717, 1.165) is 46.5 Å². The summed E-state index contributed by atoms with van der Waals surface area (Å²) in [5.41, 5.74) is 2.33. The van der Waals surface area contributed by atoms with E-state index in [1.165, 1.54) is 6.07 Å². The largest absolute Gasteiger partial charge is 0.393 e. The zero-order valence-electron chi connectivity index (χ0n) is 51.8. The fourth-order valence-corrected chi connectivity index (χ4v) is 16.9. The summed E-state index contributed by atoms with van der Waals surface area (Å²) in [6.45, 7) is 12.1. The number of likely N-dealkylation sites (tertiary alicyclic amines) is 1. The van der Waals surface area contributed by atoms with Gasteiger partial charge < -0.3 is 50.6 Å². The normalized spacial score (nSPS) is 26.5. The molecule has 18 nitrogen and oxygen atoms in total. The molecule has 1 unspecified atom stereocenters. The SMILES string of the molecule is CCN1[C@@H](C(=O)NC23CCC(C(=O)NCCOCCOCCOCCOCC(=O)N[C@H](C(=O)C4C[C@H](O)C[C@H]4C(=O)NCc4ccc(-c5scnc5C)cc4)C(C)(C)C)(CC2)CC3)[C@H](c2cccc(Cl)c2F)[C@]2(C(=O)Nc3cc(Cl)ccc32)C12CCCCC2. The summed E-state index contributed by atoms with van der Waals surface area (Å²) < 4.78 is 39.3. The lowest BCUT2D eigenvalue weighted by atomic mass is 9.55. The van der Waals surface area contributed by atoms with Crippen LogP contribution in [0.2, 0.25) is 10.0 Å². The molecule has 3 aromatic carbocycles. The first-order valence-corrected chi connectivity index (χ1v) is 33.3. The van der Waals surface area contributed by atoms with Crippen molar-refractivity contribution >= 4 is 75.5 Å². The molecule has 0 radical (unpaired) electrons. The Morgan fingerprint density at radius 1 is 0.820 bits per heavy atom. The predicted molar refractivity (Wildman–Crippen MR) is 338 cm³/mol. The van der Waals surface area contributed by atoms with Gasteiger partial charge in [-0.3, -0.25) is 33.7 Å². The molecule has 6 fully saturated rings. The van der Waals surface area contributed by atoms with Crippen molar-refractivity contribution in [3.63, 3.8) is 0 Å². The number of anilines is 1. The fourth-order valence-electron chi connectivity index (χ4n) is 15.8. The van der Waals surface area contributed by atoms with Crippen LogP contribution in [0.4, 0.5) is 10.1 Å². The van der Waals surface area contributed by atoms with Crippen molar-refractivity contribution in [3.8, 4) is 10.4 Å². The Hall–Kier alpha value is -5.42. The average molecular weight is 1290 g/mol. The molecule has 89 heavy (non-hydrogen) atoms. The van der Waals surface area contributed by atoms with Gasteiger partial charge in [-0.05, 0) is 124 Å². The third-order valence-corrected chi connectivity index (χ3v) is 21.6. The van der Waals surface area contributed by atoms with Crippen LogP contribution in [0, 0.1) is 35.4 Å². The van der Waals surface area contributed by atoms with Gasteiger partial charge in [0, 0.05) is 52.1 Å². The number of benzene rings is 3. The van der Waals surface area contributed by atoms with Crippen LogP contribution in [0.15, 0.2) is 66.2 Å². The molecule has 4 aromatic rings. The number of nitrogens with one attached hydrogen (secondary N) is 5. The van der Waals surface area contributed by atoms with E-state index in [1.54, 1.807) is 35.6 Å². The van der Waals surface area contributed by atoms with Crippen LogP contribution in [-0.2, 0) is 59.7 Å². The van der Waals surface area contributed by atoms with Gasteiger partial charge in [0.15, 0.2) is 5.78 Å². The van der Waals surface area contributed by atoms with Crippen LogP contribution in [0.5, 0.6) is 0 Å². The topological polar surface area (TPSA) is 236 Å². The Balaban J connectivity index is 0.614. The van der Waals surface area contributed by atoms with Gasteiger partial charge in [0.1, 0.15) is 17.8 Å². The molecule has 3 heterocycles. The number of aromatic nitrogens is 1. The monoisotopic (exact) mass is 1290 g/mol. The first-order chi connectivity index (χ1) is 42.7. The van der Waals surface area contributed by atoms with E-state index >= 15 is 14.0 Å². The third kappa shape index (κ3) is 13.6. The van der Waals surface area contributed by atoms with Gasteiger partial charge in [-0.15, -0.1) is 11.3 Å². The van der Waals surface area contributed by atoms with Gasteiger partial charge in [-0.1, -0.05) is 113 Å². The number of fused-ring (bicyclic) bond motifs is 6. The predicted octanol–water partition coefficient (Wildman–Crippen LogP) is 9.14. The molecule has 22 heteroatoms. The zero-order valence-corrected chi connectivity index (χ0v) is 54.1. The van der Waals surface area contributed by atoms with E-state index in [9.17, 15) is 24.3 Å². The van der Waals surface area contributed by atoms with Crippen LogP contribution < -0.4 is 26.6 Å². The van der Waals surface area contributed by atoms with Gasteiger partial charge in [0.2, 0.25) is 29.5 Å². The zero-order chi connectivity index (χ0) is 63.3. The quantitative estimate of drug-likeness (QED) is 0.0322. The molecule has 11 rings (SSSR count). The lowest BCUT2D eigenvalue weighted by Gasteiger charge is -2.53. The van der Waals surface area contributed by atoms with Crippen LogP contribution >= 0.6 is 34.5 Å². The molecular weight excluding hydrogens is 1200 g/mol. The molecule has 5 saturated carbocycles. The summed E-state index contributed by atoms with van der Waals surface area (Å²) in [6, 6.07) is 16.3. The minimum absolute atomic E-state index is 0.0194. The number of aliphatic hydroxyl groups excluding tert-OH is 1. The van der Waals surface area contributed by atoms with Crippen LogP contribution in [-0.4, -0.2) is 146 Å². The van der Waals surface area contributed by atoms with E-state index in [1.807, 2.05) is 70.5 Å². The number of hydrogen-bond donors (Lipinski definition) is 6. The van der Waals surface area contributed by atoms with Crippen molar-refractivity contribution in [1.29, 1.82) is 0 Å². The number of nitrogens with zero attached hydrogens (tertiary/aromatic N) is 2. The molecule has 1 aromatic heterocycles. The summed E-state index contributed by atoms with van der Waals surface area (Å²) in [5.74, 6) is -4.67. The summed E-state index contributed by atoms with van der Waals surface area (Å²) >= 11 is 14.6. The molecule has 6 N–H and O–H groups in total. The first-order valence-electron chi connectivity index (χ1n) is 31.7. The number of rotatable bonds is 26. The number of thiazole rings is 1. The molecule has 2 bridgehead atoms. The highest BCUT2D eigenvalue weighted by Crippen LogP contribution is 2.67. The van der Waals surface area contributed by atoms with Crippen molar-refractivity contribution < 1.29 is 57.2 Å². The smallest absolute Gasteiger partial charge is 0.246 e. The standard InChI is InChI=1S/C67H86Cl2FN7O11S/c1-6-77-55(53(46-11-10-12-50(69)54(46)70)67(66(77)19-8-7-9-20-66)49-18-17-44(68)35-51(49)74-62(67)84)60(82)76-65-24-21-64(22-25-65,23-26-65)61(83)71-27-28-85-29-30-86-31-32-87-33-34-88-39-52(79)75-58(63(3,4)5)56(80)47-36-45(78)37-48(47)59(81)72-38-42-13-15-43(16-14-42)57-41(2)73-40-89-57/h10-18,35,40,45,47-48,53,55,58,78H,6-9,19-34,36-39H2,1-5H3,(H,71,83)(H,72,81)(H,74,84)(H,75,79)(H,76,82)/t45-,47?,48+,53-,55+,58+,64?,65?,67+/m0/s1. The van der Waals surface area contributed by atoms with Crippen molar-refractivity contribution in [2.45, 2.75) is 165 Å². The number of aliphatic hydroxyl groups is 1. The number of hydrogen-bond acceptors (Lipinski definition) is 14. The number of likely N-dealkylation sites (N-methyl/N-ethyl adjacent to an activating group) is 1. The van der Waals surface area contributed by atoms with E-state index in [4.69, 9.17) is 42.1 Å². The fraction of sp³-hybridized carbons (Fsp3) is 0.597. The third-order valence-electron chi connectivity index (χ3n) is 20.1. The molecule has 482 valence electrons. The van der Waals surface area contributed by atoms with E-state index in [0.29, 0.717) is 102 Å². The number of aryl methyl sites for hydroxylation is 1. The van der Waals surface area contributed by atoms with Gasteiger partial charge in [-0.25, -0.2) is 9.37 Å².